The zero-order chi connectivity index (χ0) is 20.9. The minimum atomic E-state index is -3.89. The lowest BCUT2D eigenvalue weighted by Crippen LogP contribution is -2.28. The highest BCUT2D eigenvalue weighted by Gasteiger charge is 2.39. The Morgan fingerprint density at radius 3 is 2.77 bits per heavy atom. The molecule has 8 nitrogen and oxygen atoms in total. The molecule has 154 valence electrons. The standard InChI is InChI=1S/C20H19FN6O2S/c1-26-19-14(11-23-26)4-2-5-17(19)25-30(28,29)16-12-24-27(13-16)18-10-15(6-9-22-18)20(21)7-3-8-20/h2,4-6,9-13,25H,3,7-8H2,1H3. The Bertz CT molecular complexity index is 1360. The van der Waals surface area contributed by atoms with E-state index in [1.54, 1.807) is 42.2 Å². The molecule has 30 heavy (non-hydrogen) atoms. The van der Waals surface area contributed by atoms with Gasteiger partial charge in [-0.2, -0.15) is 10.2 Å². The topological polar surface area (TPSA) is 94.7 Å². The smallest absolute Gasteiger partial charge is 0.265 e. The molecular weight excluding hydrogens is 407 g/mol. The van der Waals surface area contributed by atoms with Crippen molar-refractivity contribution in [3.8, 4) is 5.82 Å². The number of sulfonamides is 1. The molecule has 1 aliphatic carbocycles. The fourth-order valence-corrected chi connectivity index (χ4v) is 4.68. The van der Waals surface area contributed by atoms with Gasteiger partial charge in [0.2, 0.25) is 0 Å². The SMILES string of the molecule is Cn1ncc2cccc(NS(=O)(=O)c3cnn(-c4cc(C5(F)CCC5)ccn4)c3)c21. The summed E-state index contributed by atoms with van der Waals surface area (Å²) in [5.74, 6) is 0.367. The predicted octanol–water partition coefficient (Wildman–Crippen LogP) is 3.30. The summed E-state index contributed by atoms with van der Waals surface area (Å²) in [6.45, 7) is 0. The van der Waals surface area contributed by atoms with Crippen LogP contribution >= 0.6 is 0 Å². The van der Waals surface area contributed by atoms with Crippen molar-refractivity contribution >= 4 is 26.6 Å². The number of hydrogen-bond acceptors (Lipinski definition) is 5. The average Bonchev–Trinajstić information content (AvgIpc) is 3.35. The van der Waals surface area contributed by atoms with Gasteiger partial charge < -0.3 is 0 Å². The van der Waals surface area contributed by atoms with Crippen molar-refractivity contribution in [3.05, 3.63) is 60.7 Å². The first-order valence-electron chi connectivity index (χ1n) is 9.50. The molecule has 0 bridgehead atoms. The van der Waals surface area contributed by atoms with Crippen molar-refractivity contribution in [1.29, 1.82) is 0 Å². The van der Waals surface area contributed by atoms with Gasteiger partial charge in [-0.25, -0.2) is 22.5 Å². The Kier molecular flexibility index (Phi) is 4.14. The first kappa shape index (κ1) is 18.7. The molecule has 1 N–H and O–H groups in total. The van der Waals surface area contributed by atoms with Crippen LogP contribution in [0.15, 0.2) is 60.0 Å². The third kappa shape index (κ3) is 3.04. The number of nitrogens with one attached hydrogen (secondary N) is 1. The van der Waals surface area contributed by atoms with Crippen LogP contribution in [0.4, 0.5) is 10.1 Å². The Balaban J connectivity index is 1.46. The van der Waals surface area contributed by atoms with Gasteiger partial charge in [0.1, 0.15) is 10.6 Å². The van der Waals surface area contributed by atoms with Gasteiger partial charge in [0.05, 0.1) is 29.8 Å². The lowest BCUT2D eigenvalue weighted by atomic mass is 9.77. The van der Waals surface area contributed by atoms with Crippen LogP contribution in [0.2, 0.25) is 0 Å². The summed E-state index contributed by atoms with van der Waals surface area (Å²) < 4.78 is 46.1. The van der Waals surface area contributed by atoms with Gasteiger partial charge in [-0.05, 0) is 43.0 Å². The molecule has 0 radical (unpaired) electrons. The Morgan fingerprint density at radius 2 is 2.00 bits per heavy atom. The number of benzene rings is 1. The van der Waals surface area contributed by atoms with Gasteiger partial charge in [-0.3, -0.25) is 9.40 Å². The largest absolute Gasteiger partial charge is 0.277 e. The molecule has 0 saturated heterocycles. The van der Waals surface area contributed by atoms with Gasteiger partial charge in [0.15, 0.2) is 5.82 Å². The summed E-state index contributed by atoms with van der Waals surface area (Å²) in [6.07, 6.45) is 7.62. The number of pyridine rings is 1. The van der Waals surface area contributed by atoms with E-state index in [0.29, 0.717) is 35.4 Å². The molecule has 1 aliphatic rings. The zero-order valence-corrected chi connectivity index (χ0v) is 17.0. The summed E-state index contributed by atoms with van der Waals surface area (Å²) >= 11 is 0. The van der Waals surface area contributed by atoms with E-state index in [-0.39, 0.29) is 4.90 Å². The number of para-hydroxylation sites is 1. The molecule has 0 aliphatic heterocycles. The minimum Gasteiger partial charge on any atom is -0.277 e. The summed E-state index contributed by atoms with van der Waals surface area (Å²) in [4.78, 5) is 4.19. The van der Waals surface area contributed by atoms with Gasteiger partial charge in [-0.15, -0.1) is 0 Å². The van der Waals surface area contributed by atoms with Crippen LogP contribution in [0.1, 0.15) is 24.8 Å². The number of fused-ring (bicyclic) bond motifs is 1. The number of aryl methyl sites for hydroxylation is 1. The van der Waals surface area contributed by atoms with Crippen molar-refractivity contribution in [3.63, 3.8) is 0 Å². The molecule has 1 aromatic carbocycles. The second-order valence-corrected chi connectivity index (χ2v) is 9.14. The number of halogens is 1. The van der Waals surface area contributed by atoms with Gasteiger partial charge in [0.25, 0.3) is 10.0 Å². The first-order valence-corrected chi connectivity index (χ1v) is 11.0. The summed E-state index contributed by atoms with van der Waals surface area (Å²) in [5, 5.41) is 9.12. The number of aromatic nitrogens is 5. The molecule has 10 heteroatoms. The fourth-order valence-electron chi connectivity index (χ4n) is 3.69. The molecule has 0 amide bonds. The maximum Gasteiger partial charge on any atom is 0.265 e. The van der Waals surface area contributed by atoms with Crippen LogP contribution in [0.5, 0.6) is 0 Å². The average molecular weight is 426 g/mol. The Labute approximate surface area is 172 Å². The first-order chi connectivity index (χ1) is 14.4. The fraction of sp³-hybridized carbons (Fsp3) is 0.250. The third-order valence-corrected chi connectivity index (χ3v) is 6.84. The van der Waals surface area contributed by atoms with Gasteiger partial charge >= 0.3 is 0 Å². The molecule has 1 saturated carbocycles. The number of alkyl halides is 1. The minimum absolute atomic E-state index is 0.0209. The van der Waals surface area contributed by atoms with Crippen molar-refractivity contribution in [2.45, 2.75) is 29.8 Å². The van der Waals surface area contributed by atoms with Crippen LogP contribution < -0.4 is 4.72 Å². The number of rotatable bonds is 5. The van der Waals surface area contributed by atoms with Crippen LogP contribution in [0.3, 0.4) is 0 Å². The molecular formula is C20H19FN6O2S. The highest BCUT2D eigenvalue weighted by molar-refractivity contribution is 7.92. The Morgan fingerprint density at radius 1 is 1.17 bits per heavy atom. The number of hydrogen-bond donors (Lipinski definition) is 1. The summed E-state index contributed by atoms with van der Waals surface area (Å²) in [6, 6.07) is 8.56. The van der Waals surface area contributed by atoms with Crippen LogP contribution in [0, 0.1) is 0 Å². The van der Waals surface area contributed by atoms with E-state index in [2.05, 4.69) is 19.9 Å². The third-order valence-electron chi connectivity index (χ3n) is 5.52. The highest BCUT2D eigenvalue weighted by Crippen LogP contribution is 2.45. The second kappa shape index (κ2) is 6.63. The molecule has 3 heterocycles. The zero-order valence-electron chi connectivity index (χ0n) is 16.2. The normalized spacial score (nSPS) is 15.8. The monoisotopic (exact) mass is 426 g/mol. The van der Waals surface area contributed by atoms with E-state index in [1.807, 2.05) is 6.07 Å². The van der Waals surface area contributed by atoms with Crippen molar-refractivity contribution in [1.82, 2.24) is 24.5 Å². The molecule has 5 rings (SSSR count). The maximum atomic E-state index is 14.7. The van der Waals surface area contributed by atoms with Crippen LogP contribution in [-0.2, 0) is 22.7 Å². The molecule has 0 spiro atoms. The van der Waals surface area contributed by atoms with Crippen molar-refractivity contribution < 1.29 is 12.8 Å². The number of nitrogens with zero attached hydrogens (tertiary/aromatic N) is 5. The lowest BCUT2D eigenvalue weighted by molar-refractivity contribution is 0.0608. The van der Waals surface area contributed by atoms with E-state index >= 15 is 0 Å². The van der Waals surface area contributed by atoms with E-state index in [1.165, 1.54) is 23.3 Å². The molecule has 1 fully saturated rings. The van der Waals surface area contributed by atoms with Crippen LogP contribution in [-0.4, -0.2) is 33.0 Å². The van der Waals surface area contributed by atoms with Crippen LogP contribution in [0.25, 0.3) is 16.7 Å². The lowest BCUT2D eigenvalue weighted by Gasteiger charge is -2.34. The van der Waals surface area contributed by atoms with E-state index < -0.39 is 15.7 Å². The van der Waals surface area contributed by atoms with E-state index in [9.17, 15) is 12.8 Å². The highest BCUT2D eigenvalue weighted by atomic mass is 32.2. The summed E-state index contributed by atoms with van der Waals surface area (Å²) in [5.41, 5.74) is 0.310. The Hall–Kier alpha value is -3.27. The molecule has 0 atom stereocenters. The number of anilines is 1. The van der Waals surface area contributed by atoms with Crippen molar-refractivity contribution in [2.75, 3.05) is 4.72 Å². The maximum absolute atomic E-state index is 14.7. The second-order valence-electron chi connectivity index (χ2n) is 7.46. The molecule has 3 aromatic heterocycles. The summed E-state index contributed by atoms with van der Waals surface area (Å²) in [7, 11) is -2.15. The van der Waals surface area contributed by atoms with Gasteiger partial charge in [-0.1, -0.05) is 12.1 Å². The van der Waals surface area contributed by atoms with Crippen molar-refractivity contribution in [2.24, 2.45) is 7.05 Å². The predicted molar refractivity (Wildman–Crippen MR) is 110 cm³/mol. The molecule has 0 unspecified atom stereocenters. The molecule has 4 aromatic rings. The van der Waals surface area contributed by atoms with Gasteiger partial charge in [0, 0.05) is 18.6 Å². The van der Waals surface area contributed by atoms with E-state index in [4.69, 9.17) is 0 Å². The van der Waals surface area contributed by atoms with E-state index in [0.717, 1.165) is 11.8 Å². The quantitative estimate of drug-likeness (QED) is 0.528.